The minimum atomic E-state index is -0.791. The molecular weight excluding hydrogens is 319 g/mol. The fourth-order valence-electron chi connectivity index (χ4n) is 2.02. The Bertz CT molecular complexity index is 526. The van der Waals surface area contributed by atoms with E-state index >= 15 is 0 Å². The Kier molecular flexibility index (Phi) is 3.84. The highest BCUT2D eigenvalue weighted by Gasteiger charge is 2.37. The van der Waals surface area contributed by atoms with E-state index < -0.39 is 22.3 Å². The normalized spacial score (nSPS) is 16.5. The number of halogens is 2. The molecule has 0 aromatic heterocycles. The fourth-order valence-corrected chi connectivity index (χ4v) is 2.72. The van der Waals surface area contributed by atoms with Gasteiger partial charge in [-0.25, -0.2) is 4.39 Å². The Balaban J connectivity index is 2.21. The average molecular weight is 331 g/mol. The number of benzene rings is 1. The van der Waals surface area contributed by atoms with Gasteiger partial charge in [-0.3, -0.25) is 14.9 Å². The summed E-state index contributed by atoms with van der Waals surface area (Å²) in [5.41, 5.74) is -0.761. The molecule has 1 N–H and O–H groups in total. The van der Waals surface area contributed by atoms with Crippen molar-refractivity contribution < 1.29 is 14.1 Å². The van der Waals surface area contributed by atoms with E-state index in [-0.39, 0.29) is 11.1 Å². The molecule has 0 atom stereocenters. The zero-order valence-corrected chi connectivity index (χ0v) is 11.6. The summed E-state index contributed by atoms with van der Waals surface area (Å²) in [6.07, 6.45) is 2.72. The summed E-state index contributed by atoms with van der Waals surface area (Å²) in [4.78, 5) is 21.9. The van der Waals surface area contributed by atoms with Crippen molar-refractivity contribution in [3.05, 3.63) is 39.7 Å². The lowest BCUT2D eigenvalue weighted by Gasteiger charge is -2.41. The van der Waals surface area contributed by atoms with Crippen LogP contribution in [-0.4, -0.2) is 21.7 Å². The highest BCUT2D eigenvalue weighted by atomic mass is 79.9. The van der Waals surface area contributed by atoms with Crippen molar-refractivity contribution in [2.24, 2.45) is 0 Å². The average Bonchev–Trinajstić information content (AvgIpc) is 2.32. The van der Waals surface area contributed by atoms with E-state index in [9.17, 15) is 19.3 Å². The van der Waals surface area contributed by atoms with Crippen LogP contribution in [-0.2, 0) is 0 Å². The Morgan fingerprint density at radius 3 is 2.63 bits per heavy atom. The Morgan fingerprint density at radius 2 is 2.16 bits per heavy atom. The van der Waals surface area contributed by atoms with Gasteiger partial charge < -0.3 is 5.32 Å². The molecule has 1 saturated carbocycles. The summed E-state index contributed by atoms with van der Waals surface area (Å²) in [7, 11) is 0. The van der Waals surface area contributed by atoms with Crippen molar-refractivity contribution in [1.29, 1.82) is 0 Å². The number of rotatable bonds is 4. The van der Waals surface area contributed by atoms with Crippen molar-refractivity contribution in [3.8, 4) is 0 Å². The second-order valence-electron chi connectivity index (χ2n) is 4.68. The van der Waals surface area contributed by atoms with Crippen LogP contribution in [0.15, 0.2) is 18.2 Å². The van der Waals surface area contributed by atoms with E-state index in [0.717, 1.165) is 37.5 Å². The molecule has 0 saturated heterocycles. The molecule has 0 aliphatic heterocycles. The maximum Gasteiger partial charge on any atom is 0.273 e. The molecule has 1 aliphatic rings. The van der Waals surface area contributed by atoms with E-state index in [1.54, 1.807) is 0 Å². The first kappa shape index (κ1) is 13.9. The van der Waals surface area contributed by atoms with Gasteiger partial charge in [0, 0.05) is 17.0 Å². The first-order valence-corrected chi connectivity index (χ1v) is 6.91. The minimum absolute atomic E-state index is 0.0288. The number of nitrogens with zero attached hydrogens (tertiary/aromatic N) is 1. The van der Waals surface area contributed by atoms with Crippen molar-refractivity contribution in [1.82, 2.24) is 5.32 Å². The molecule has 1 amide bonds. The monoisotopic (exact) mass is 330 g/mol. The summed E-state index contributed by atoms with van der Waals surface area (Å²) < 4.78 is 13.3. The predicted molar refractivity (Wildman–Crippen MR) is 70.9 cm³/mol. The molecule has 19 heavy (non-hydrogen) atoms. The van der Waals surface area contributed by atoms with Crippen molar-refractivity contribution in [2.75, 3.05) is 5.33 Å². The smallest absolute Gasteiger partial charge is 0.273 e. The SMILES string of the molecule is O=C(NC1(CBr)CCC1)c1cc(F)cc([N+](=O)[O-])c1. The lowest BCUT2D eigenvalue weighted by molar-refractivity contribution is -0.385. The number of nitro benzene ring substituents is 1. The van der Waals surface area contributed by atoms with Crippen LogP contribution in [0.4, 0.5) is 10.1 Å². The third-order valence-corrected chi connectivity index (χ3v) is 4.37. The minimum Gasteiger partial charge on any atom is -0.346 e. The van der Waals surface area contributed by atoms with Crippen LogP contribution in [0.1, 0.15) is 29.6 Å². The van der Waals surface area contributed by atoms with Gasteiger partial charge in [0.15, 0.2) is 0 Å². The fraction of sp³-hybridized carbons (Fsp3) is 0.417. The van der Waals surface area contributed by atoms with Crippen LogP contribution in [0.2, 0.25) is 0 Å². The van der Waals surface area contributed by atoms with Crippen molar-refractivity contribution >= 4 is 27.5 Å². The van der Waals surface area contributed by atoms with Crippen LogP contribution in [0.25, 0.3) is 0 Å². The number of amides is 1. The van der Waals surface area contributed by atoms with Gasteiger partial charge in [0.1, 0.15) is 5.82 Å². The van der Waals surface area contributed by atoms with Gasteiger partial charge in [0.05, 0.1) is 16.5 Å². The summed E-state index contributed by atoms with van der Waals surface area (Å²) in [6.45, 7) is 0. The number of hydrogen-bond donors (Lipinski definition) is 1. The molecule has 1 aromatic carbocycles. The molecule has 0 spiro atoms. The molecule has 0 radical (unpaired) electrons. The molecule has 102 valence electrons. The molecule has 0 bridgehead atoms. The molecule has 5 nitrogen and oxygen atoms in total. The second kappa shape index (κ2) is 5.24. The molecule has 0 heterocycles. The first-order chi connectivity index (χ1) is 8.96. The summed E-state index contributed by atoms with van der Waals surface area (Å²) >= 11 is 3.34. The van der Waals surface area contributed by atoms with E-state index in [0.29, 0.717) is 5.33 Å². The van der Waals surface area contributed by atoms with Gasteiger partial charge in [-0.1, -0.05) is 15.9 Å². The number of hydrogen-bond acceptors (Lipinski definition) is 3. The number of nitro groups is 1. The lowest BCUT2D eigenvalue weighted by Crippen LogP contribution is -2.54. The van der Waals surface area contributed by atoms with E-state index in [4.69, 9.17) is 0 Å². The molecule has 1 fully saturated rings. The third kappa shape index (κ3) is 2.91. The van der Waals surface area contributed by atoms with Gasteiger partial charge >= 0.3 is 0 Å². The van der Waals surface area contributed by atoms with Gasteiger partial charge in [-0.2, -0.15) is 0 Å². The molecule has 0 unspecified atom stereocenters. The molecule has 2 rings (SSSR count). The summed E-state index contributed by atoms with van der Waals surface area (Å²) in [5.74, 6) is -1.28. The number of nitrogens with one attached hydrogen (secondary N) is 1. The van der Waals surface area contributed by atoms with Crippen LogP contribution < -0.4 is 5.32 Å². The van der Waals surface area contributed by atoms with Crippen LogP contribution in [0.3, 0.4) is 0 Å². The third-order valence-electron chi connectivity index (χ3n) is 3.30. The Labute approximate surface area is 117 Å². The molecule has 1 aliphatic carbocycles. The largest absolute Gasteiger partial charge is 0.346 e. The van der Waals surface area contributed by atoms with Gasteiger partial charge in [0.25, 0.3) is 11.6 Å². The van der Waals surface area contributed by atoms with E-state index in [2.05, 4.69) is 21.2 Å². The number of carbonyl (C=O) groups is 1. The maximum absolute atomic E-state index is 13.3. The standard InChI is InChI=1S/C12H12BrFN2O3/c13-7-12(2-1-3-12)15-11(17)8-4-9(14)6-10(5-8)16(18)19/h4-6H,1-3,7H2,(H,15,17). The summed E-state index contributed by atoms with van der Waals surface area (Å²) in [5, 5.41) is 14.1. The van der Waals surface area contributed by atoms with E-state index in [1.807, 2.05) is 0 Å². The van der Waals surface area contributed by atoms with Gasteiger partial charge in [-0.15, -0.1) is 0 Å². The Hall–Kier alpha value is -1.50. The topological polar surface area (TPSA) is 72.2 Å². The number of alkyl halides is 1. The predicted octanol–water partition coefficient (Wildman–Crippen LogP) is 2.78. The molecule has 1 aromatic rings. The lowest BCUT2D eigenvalue weighted by atomic mass is 9.78. The Morgan fingerprint density at radius 1 is 1.47 bits per heavy atom. The summed E-state index contributed by atoms with van der Waals surface area (Å²) in [6, 6.07) is 2.88. The van der Waals surface area contributed by atoms with Gasteiger partial charge in [-0.05, 0) is 25.3 Å². The van der Waals surface area contributed by atoms with Gasteiger partial charge in [0.2, 0.25) is 0 Å². The molecule has 7 heteroatoms. The van der Waals surface area contributed by atoms with E-state index in [1.165, 1.54) is 0 Å². The quantitative estimate of drug-likeness (QED) is 0.524. The van der Waals surface area contributed by atoms with Crippen LogP contribution >= 0.6 is 15.9 Å². The molecular formula is C12H12BrFN2O3. The zero-order valence-electron chi connectivity index (χ0n) is 9.99. The first-order valence-electron chi connectivity index (χ1n) is 5.79. The maximum atomic E-state index is 13.3. The highest BCUT2D eigenvalue weighted by Crippen LogP contribution is 2.33. The van der Waals surface area contributed by atoms with Crippen molar-refractivity contribution in [3.63, 3.8) is 0 Å². The number of carbonyl (C=O) groups excluding carboxylic acids is 1. The number of non-ortho nitro benzene ring substituents is 1. The second-order valence-corrected chi connectivity index (χ2v) is 5.24. The van der Waals surface area contributed by atoms with Crippen molar-refractivity contribution in [2.45, 2.75) is 24.8 Å². The van der Waals surface area contributed by atoms with Crippen LogP contribution in [0, 0.1) is 15.9 Å². The zero-order chi connectivity index (χ0) is 14.0. The van der Waals surface area contributed by atoms with Crippen LogP contribution in [0.5, 0.6) is 0 Å². The highest BCUT2D eigenvalue weighted by molar-refractivity contribution is 9.09.